The zero-order valence-corrected chi connectivity index (χ0v) is 14.1. The van der Waals surface area contributed by atoms with E-state index in [1.54, 1.807) is 0 Å². The third-order valence-electron chi connectivity index (χ3n) is 5.12. The van der Waals surface area contributed by atoms with Crippen molar-refractivity contribution in [2.24, 2.45) is 17.3 Å². The Morgan fingerprint density at radius 1 is 1.30 bits per heavy atom. The summed E-state index contributed by atoms with van der Waals surface area (Å²) in [4.78, 5) is 2.75. The molecule has 0 bridgehead atoms. The molecule has 0 radical (unpaired) electrons. The minimum absolute atomic E-state index is 0.344. The van der Waals surface area contributed by atoms with Gasteiger partial charge in [-0.15, -0.1) is 0 Å². The van der Waals surface area contributed by atoms with Crippen LogP contribution in [0.5, 0.6) is 0 Å². The topological polar surface area (TPSA) is 24.5 Å². The number of nitrogens with one attached hydrogen (secondary N) is 1. The smallest absolute Gasteiger partial charge is 0.0495 e. The molecule has 1 N–H and O–H groups in total. The van der Waals surface area contributed by atoms with Crippen molar-refractivity contribution in [1.82, 2.24) is 10.2 Å². The molecule has 2 aliphatic heterocycles. The van der Waals surface area contributed by atoms with Gasteiger partial charge in [-0.3, -0.25) is 4.90 Å². The molecule has 3 heteroatoms. The molecule has 20 heavy (non-hydrogen) atoms. The Bertz CT molecular complexity index is 292. The number of piperazine rings is 1. The van der Waals surface area contributed by atoms with Gasteiger partial charge >= 0.3 is 0 Å². The zero-order chi connectivity index (χ0) is 14.8. The quantitative estimate of drug-likeness (QED) is 0.858. The lowest BCUT2D eigenvalue weighted by atomic mass is 9.83. The summed E-state index contributed by atoms with van der Waals surface area (Å²) in [6, 6.07) is 1.30. The summed E-state index contributed by atoms with van der Waals surface area (Å²) < 4.78 is 5.52. The Labute approximate surface area is 125 Å². The first-order valence-electron chi connectivity index (χ1n) is 8.43. The molecule has 2 saturated heterocycles. The second-order valence-electron chi connectivity index (χ2n) is 8.15. The van der Waals surface area contributed by atoms with Gasteiger partial charge in [-0.25, -0.2) is 0 Å². The minimum atomic E-state index is 0.344. The Kier molecular flexibility index (Phi) is 5.49. The van der Waals surface area contributed by atoms with Crippen LogP contribution in [0.15, 0.2) is 0 Å². The highest BCUT2D eigenvalue weighted by atomic mass is 16.5. The van der Waals surface area contributed by atoms with Gasteiger partial charge in [0.25, 0.3) is 0 Å². The molecule has 2 heterocycles. The number of hydrogen-bond acceptors (Lipinski definition) is 3. The van der Waals surface area contributed by atoms with Gasteiger partial charge in [-0.05, 0) is 36.6 Å². The lowest BCUT2D eigenvalue weighted by Gasteiger charge is -2.46. The molecular formula is C17H34N2O. The van der Waals surface area contributed by atoms with E-state index in [4.69, 9.17) is 4.74 Å². The molecule has 3 atom stereocenters. The van der Waals surface area contributed by atoms with E-state index in [1.807, 2.05) is 0 Å². The molecule has 0 aromatic rings. The Balaban J connectivity index is 1.91. The van der Waals surface area contributed by atoms with Crippen LogP contribution in [-0.4, -0.2) is 49.8 Å². The fourth-order valence-corrected chi connectivity index (χ4v) is 3.48. The Morgan fingerprint density at radius 2 is 2.05 bits per heavy atom. The van der Waals surface area contributed by atoms with Gasteiger partial charge in [0.15, 0.2) is 0 Å². The van der Waals surface area contributed by atoms with E-state index in [2.05, 4.69) is 44.8 Å². The van der Waals surface area contributed by atoms with Crippen LogP contribution in [0.2, 0.25) is 0 Å². The summed E-state index contributed by atoms with van der Waals surface area (Å²) in [6.07, 6.45) is 2.57. The molecule has 2 rings (SSSR count). The van der Waals surface area contributed by atoms with Gasteiger partial charge in [-0.1, -0.05) is 34.6 Å². The molecule has 2 fully saturated rings. The SMILES string of the molecule is CC(C)C1CNC(C(C)(C)C)CN1CCC1CCOC1. The molecule has 0 amide bonds. The van der Waals surface area contributed by atoms with Crippen LogP contribution >= 0.6 is 0 Å². The van der Waals surface area contributed by atoms with Crippen LogP contribution in [0.3, 0.4) is 0 Å². The summed E-state index contributed by atoms with van der Waals surface area (Å²) in [5.74, 6) is 1.52. The number of hydrogen-bond donors (Lipinski definition) is 1. The van der Waals surface area contributed by atoms with Crippen molar-refractivity contribution in [2.75, 3.05) is 32.8 Å². The Morgan fingerprint density at radius 3 is 2.60 bits per heavy atom. The molecule has 0 aromatic carbocycles. The van der Waals surface area contributed by atoms with E-state index in [9.17, 15) is 0 Å². The molecule has 118 valence electrons. The number of rotatable bonds is 4. The summed E-state index contributed by atoms with van der Waals surface area (Å²) in [5.41, 5.74) is 0.344. The van der Waals surface area contributed by atoms with Crippen LogP contribution in [0, 0.1) is 17.3 Å². The molecular weight excluding hydrogens is 248 g/mol. The average molecular weight is 282 g/mol. The molecule has 0 spiro atoms. The molecule has 0 aromatic heterocycles. The highest BCUT2D eigenvalue weighted by Crippen LogP contribution is 2.26. The van der Waals surface area contributed by atoms with Crippen molar-refractivity contribution in [2.45, 2.75) is 59.5 Å². The van der Waals surface area contributed by atoms with Gasteiger partial charge in [0.05, 0.1) is 0 Å². The summed E-state index contributed by atoms with van der Waals surface area (Å²) in [5, 5.41) is 3.78. The lowest BCUT2D eigenvalue weighted by Crippen LogP contribution is -2.61. The Hall–Kier alpha value is -0.120. The van der Waals surface area contributed by atoms with Crippen LogP contribution in [0.25, 0.3) is 0 Å². The summed E-state index contributed by atoms with van der Waals surface area (Å²) in [6.45, 7) is 17.3. The average Bonchev–Trinajstić information content (AvgIpc) is 2.87. The first-order valence-corrected chi connectivity index (χ1v) is 8.43. The number of nitrogens with zero attached hydrogens (tertiary/aromatic N) is 1. The fraction of sp³-hybridized carbons (Fsp3) is 1.00. The van der Waals surface area contributed by atoms with E-state index in [0.29, 0.717) is 17.5 Å². The van der Waals surface area contributed by atoms with Crippen LogP contribution in [-0.2, 0) is 4.74 Å². The molecule has 3 nitrogen and oxygen atoms in total. The predicted octanol–water partition coefficient (Wildman–Crippen LogP) is 2.76. The van der Waals surface area contributed by atoms with Crippen LogP contribution in [0.4, 0.5) is 0 Å². The normalized spacial score (nSPS) is 33.0. The third kappa shape index (κ3) is 4.19. The van der Waals surface area contributed by atoms with E-state index >= 15 is 0 Å². The van der Waals surface area contributed by atoms with Gasteiger partial charge in [0.1, 0.15) is 0 Å². The maximum Gasteiger partial charge on any atom is 0.0495 e. The minimum Gasteiger partial charge on any atom is -0.381 e. The van der Waals surface area contributed by atoms with E-state index in [0.717, 1.165) is 31.6 Å². The molecule has 3 unspecified atom stereocenters. The second-order valence-corrected chi connectivity index (χ2v) is 8.15. The van der Waals surface area contributed by atoms with Crippen molar-refractivity contribution in [3.63, 3.8) is 0 Å². The van der Waals surface area contributed by atoms with Crippen molar-refractivity contribution in [3.8, 4) is 0 Å². The van der Waals surface area contributed by atoms with Gasteiger partial charge in [0, 0.05) is 38.4 Å². The maximum absolute atomic E-state index is 5.52. The van der Waals surface area contributed by atoms with Crippen molar-refractivity contribution < 1.29 is 4.74 Å². The number of ether oxygens (including phenoxy) is 1. The van der Waals surface area contributed by atoms with Crippen LogP contribution in [0.1, 0.15) is 47.5 Å². The highest BCUT2D eigenvalue weighted by molar-refractivity contribution is 4.93. The summed E-state index contributed by atoms with van der Waals surface area (Å²) in [7, 11) is 0. The predicted molar refractivity (Wildman–Crippen MR) is 85.0 cm³/mol. The summed E-state index contributed by atoms with van der Waals surface area (Å²) >= 11 is 0. The molecule has 2 aliphatic rings. The van der Waals surface area contributed by atoms with Gasteiger partial charge in [0.2, 0.25) is 0 Å². The molecule has 0 aliphatic carbocycles. The van der Waals surface area contributed by atoms with Crippen LogP contribution < -0.4 is 5.32 Å². The highest BCUT2D eigenvalue weighted by Gasteiger charge is 2.35. The maximum atomic E-state index is 5.52. The van der Waals surface area contributed by atoms with Crippen molar-refractivity contribution in [1.29, 1.82) is 0 Å². The van der Waals surface area contributed by atoms with E-state index in [1.165, 1.54) is 25.9 Å². The standard InChI is InChI=1S/C17H34N2O/c1-13(2)15-10-18-16(17(3,4)5)11-19(15)8-6-14-7-9-20-12-14/h13-16,18H,6-12H2,1-5H3. The molecule has 0 saturated carbocycles. The third-order valence-corrected chi connectivity index (χ3v) is 5.12. The zero-order valence-electron chi connectivity index (χ0n) is 14.1. The van der Waals surface area contributed by atoms with Gasteiger partial charge < -0.3 is 10.1 Å². The van der Waals surface area contributed by atoms with E-state index < -0.39 is 0 Å². The van der Waals surface area contributed by atoms with Crippen molar-refractivity contribution in [3.05, 3.63) is 0 Å². The van der Waals surface area contributed by atoms with Crippen molar-refractivity contribution >= 4 is 0 Å². The largest absolute Gasteiger partial charge is 0.381 e. The van der Waals surface area contributed by atoms with E-state index in [-0.39, 0.29) is 0 Å². The lowest BCUT2D eigenvalue weighted by molar-refractivity contribution is 0.0579. The first kappa shape index (κ1) is 16.3. The fourth-order valence-electron chi connectivity index (χ4n) is 3.48. The first-order chi connectivity index (χ1) is 9.38. The monoisotopic (exact) mass is 282 g/mol. The second kappa shape index (κ2) is 6.76. The van der Waals surface area contributed by atoms with Gasteiger partial charge in [-0.2, -0.15) is 0 Å².